The lowest BCUT2D eigenvalue weighted by molar-refractivity contribution is 0.147. The molecule has 24 heavy (non-hydrogen) atoms. The Kier molecular flexibility index (Phi) is 11.5. The molecule has 1 aliphatic heterocycles. The summed E-state index contributed by atoms with van der Waals surface area (Å²) in [6.07, 6.45) is 4.41. The minimum atomic E-state index is -2.91. The van der Waals surface area contributed by atoms with Crippen molar-refractivity contribution in [2.24, 2.45) is 10.9 Å². The number of nitrogens with zero attached hydrogens (tertiary/aromatic N) is 2. The van der Waals surface area contributed by atoms with Crippen molar-refractivity contribution in [2.45, 2.75) is 52.1 Å². The zero-order chi connectivity index (χ0) is 17.5. The van der Waals surface area contributed by atoms with Crippen LogP contribution in [0.5, 0.6) is 0 Å². The van der Waals surface area contributed by atoms with Crippen LogP contribution in [0.25, 0.3) is 0 Å². The topological polar surface area (TPSA) is 73.8 Å². The number of hydrogen-bond acceptors (Lipinski definition) is 4. The molecule has 144 valence electrons. The highest BCUT2D eigenvalue weighted by Crippen LogP contribution is 2.17. The Morgan fingerprint density at radius 3 is 2.38 bits per heavy atom. The van der Waals surface area contributed by atoms with E-state index in [9.17, 15) is 8.42 Å². The number of aliphatic imine (C=N–C) groups is 1. The van der Waals surface area contributed by atoms with E-state index in [4.69, 9.17) is 0 Å². The first-order valence-electron chi connectivity index (χ1n) is 8.60. The number of likely N-dealkylation sites (tertiary alicyclic amines) is 1. The second-order valence-electron chi connectivity index (χ2n) is 6.98. The number of nitrogens with one attached hydrogen (secondary N) is 2. The lowest BCUT2D eigenvalue weighted by Crippen LogP contribution is -2.49. The summed E-state index contributed by atoms with van der Waals surface area (Å²) in [5, 5.41) is 6.61. The molecular formula is C16H35IN4O2S. The standard InChI is InChI=1S/C16H34N4O2S.HI/c1-13-6-9-20(10-7-13)15(3)12-18-16(17-4)19-14(2)8-11-23(5,21)22;/h13-15H,6-12H2,1-5H3,(H2,17,18,19);1H. The molecule has 1 heterocycles. The highest BCUT2D eigenvalue weighted by atomic mass is 127. The number of hydrogen-bond donors (Lipinski definition) is 2. The number of rotatable bonds is 7. The van der Waals surface area contributed by atoms with E-state index in [-0.39, 0.29) is 35.8 Å². The summed E-state index contributed by atoms with van der Waals surface area (Å²) in [6.45, 7) is 9.72. The van der Waals surface area contributed by atoms with Crippen molar-refractivity contribution in [1.29, 1.82) is 0 Å². The average Bonchev–Trinajstić information content (AvgIpc) is 2.49. The van der Waals surface area contributed by atoms with Crippen LogP contribution in [0.1, 0.15) is 40.0 Å². The third-order valence-corrected chi connectivity index (χ3v) is 5.51. The van der Waals surface area contributed by atoms with Gasteiger partial charge in [-0.25, -0.2) is 8.42 Å². The molecule has 1 rings (SSSR count). The third kappa shape index (κ3) is 10.0. The number of sulfone groups is 1. The van der Waals surface area contributed by atoms with Crippen LogP contribution in [0.3, 0.4) is 0 Å². The second kappa shape index (κ2) is 11.5. The number of halogens is 1. The lowest BCUT2D eigenvalue weighted by Gasteiger charge is -2.35. The van der Waals surface area contributed by atoms with Crippen LogP contribution in [0.4, 0.5) is 0 Å². The molecule has 0 radical (unpaired) electrons. The lowest BCUT2D eigenvalue weighted by atomic mass is 9.98. The van der Waals surface area contributed by atoms with Gasteiger partial charge in [0.1, 0.15) is 9.84 Å². The van der Waals surface area contributed by atoms with Crippen LogP contribution in [-0.2, 0) is 9.84 Å². The smallest absolute Gasteiger partial charge is 0.191 e. The molecule has 0 saturated carbocycles. The second-order valence-corrected chi connectivity index (χ2v) is 9.24. The Labute approximate surface area is 165 Å². The van der Waals surface area contributed by atoms with Gasteiger partial charge in [-0.1, -0.05) is 6.92 Å². The summed E-state index contributed by atoms with van der Waals surface area (Å²) in [7, 11) is -1.17. The van der Waals surface area contributed by atoms with E-state index in [1.54, 1.807) is 7.05 Å². The summed E-state index contributed by atoms with van der Waals surface area (Å²) in [4.78, 5) is 6.75. The van der Waals surface area contributed by atoms with E-state index in [2.05, 4.69) is 34.4 Å². The molecule has 0 aliphatic carbocycles. The first kappa shape index (κ1) is 23.9. The normalized spacial score (nSPS) is 20.1. The van der Waals surface area contributed by atoms with Gasteiger partial charge >= 0.3 is 0 Å². The average molecular weight is 474 g/mol. The van der Waals surface area contributed by atoms with Gasteiger partial charge in [-0.2, -0.15) is 0 Å². The summed E-state index contributed by atoms with van der Waals surface area (Å²) in [5.41, 5.74) is 0. The van der Waals surface area contributed by atoms with Gasteiger partial charge in [0.25, 0.3) is 0 Å². The maximum atomic E-state index is 11.2. The fraction of sp³-hybridized carbons (Fsp3) is 0.938. The maximum absolute atomic E-state index is 11.2. The molecule has 1 aliphatic rings. The summed E-state index contributed by atoms with van der Waals surface area (Å²) < 4.78 is 22.5. The molecule has 1 fully saturated rings. The minimum Gasteiger partial charge on any atom is -0.355 e. The van der Waals surface area contributed by atoms with Crippen molar-refractivity contribution in [3.8, 4) is 0 Å². The molecule has 0 amide bonds. The fourth-order valence-electron chi connectivity index (χ4n) is 2.73. The van der Waals surface area contributed by atoms with Gasteiger partial charge in [0.15, 0.2) is 5.96 Å². The molecule has 2 N–H and O–H groups in total. The molecule has 0 aromatic rings. The number of piperidine rings is 1. The van der Waals surface area contributed by atoms with E-state index in [1.807, 2.05) is 6.92 Å². The van der Waals surface area contributed by atoms with Gasteiger partial charge in [0.2, 0.25) is 0 Å². The van der Waals surface area contributed by atoms with Gasteiger partial charge in [0, 0.05) is 31.9 Å². The van der Waals surface area contributed by atoms with E-state index < -0.39 is 9.84 Å². The minimum absolute atomic E-state index is 0. The molecular weight excluding hydrogens is 439 g/mol. The fourth-order valence-corrected chi connectivity index (χ4v) is 3.52. The molecule has 0 aromatic carbocycles. The molecule has 1 saturated heterocycles. The summed E-state index contributed by atoms with van der Waals surface area (Å²) in [6, 6.07) is 0.537. The van der Waals surface area contributed by atoms with E-state index in [0.717, 1.165) is 18.4 Å². The van der Waals surface area contributed by atoms with Crippen molar-refractivity contribution in [3.63, 3.8) is 0 Å². The highest BCUT2D eigenvalue weighted by Gasteiger charge is 2.20. The summed E-state index contributed by atoms with van der Waals surface area (Å²) >= 11 is 0. The molecule has 0 spiro atoms. The first-order valence-corrected chi connectivity index (χ1v) is 10.7. The van der Waals surface area contributed by atoms with Gasteiger partial charge in [-0.15, -0.1) is 24.0 Å². The van der Waals surface area contributed by atoms with Crippen molar-refractivity contribution in [1.82, 2.24) is 15.5 Å². The van der Waals surface area contributed by atoms with Gasteiger partial charge < -0.3 is 10.6 Å². The Balaban J connectivity index is 0.00000529. The molecule has 6 nitrogen and oxygen atoms in total. The van der Waals surface area contributed by atoms with Crippen LogP contribution in [-0.4, -0.2) is 70.1 Å². The van der Waals surface area contributed by atoms with Crippen molar-refractivity contribution in [3.05, 3.63) is 0 Å². The van der Waals surface area contributed by atoms with Gasteiger partial charge in [-0.05, 0) is 52.1 Å². The van der Waals surface area contributed by atoms with E-state index in [1.165, 1.54) is 32.2 Å². The molecule has 2 atom stereocenters. The van der Waals surface area contributed by atoms with E-state index in [0.29, 0.717) is 12.5 Å². The van der Waals surface area contributed by atoms with Gasteiger partial charge in [-0.3, -0.25) is 9.89 Å². The predicted octanol–water partition coefficient (Wildman–Crippen LogP) is 1.71. The molecule has 8 heteroatoms. The first-order chi connectivity index (χ1) is 10.7. The van der Waals surface area contributed by atoms with Crippen LogP contribution >= 0.6 is 24.0 Å². The van der Waals surface area contributed by atoms with Crippen LogP contribution in [0.15, 0.2) is 4.99 Å². The van der Waals surface area contributed by atoms with Crippen molar-refractivity contribution >= 4 is 39.8 Å². The highest BCUT2D eigenvalue weighted by molar-refractivity contribution is 14.0. The quantitative estimate of drug-likeness (QED) is 0.334. The molecule has 0 aromatic heterocycles. The summed E-state index contributed by atoms with van der Waals surface area (Å²) in [5.74, 6) is 1.78. The zero-order valence-electron chi connectivity index (χ0n) is 15.7. The molecule has 0 bridgehead atoms. The molecule has 2 unspecified atom stereocenters. The Hall–Kier alpha value is -0.0900. The van der Waals surface area contributed by atoms with Crippen molar-refractivity contribution < 1.29 is 8.42 Å². The third-order valence-electron chi connectivity index (χ3n) is 4.53. The van der Waals surface area contributed by atoms with E-state index >= 15 is 0 Å². The largest absolute Gasteiger partial charge is 0.355 e. The Bertz CT molecular complexity index is 476. The van der Waals surface area contributed by atoms with Crippen LogP contribution < -0.4 is 10.6 Å². The Morgan fingerprint density at radius 2 is 1.88 bits per heavy atom. The van der Waals surface area contributed by atoms with Crippen molar-refractivity contribution in [2.75, 3.05) is 38.7 Å². The Morgan fingerprint density at radius 1 is 1.29 bits per heavy atom. The van der Waals surface area contributed by atoms with Crippen LogP contribution in [0, 0.1) is 5.92 Å². The monoisotopic (exact) mass is 474 g/mol. The SMILES string of the molecule is CN=C(NCC(C)N1CCC(C)CC1)NC(C)CCS(C)(=O)=O.I. The number of guanidine groups is 1. The zero-order valence-corrected chi connectivity index (χ0v) is 18.9. The maximum Gasteiger partial charge on any atom is 0.191 e. The van der Waals surface area contributed by atoms with Gasteiger partial charge in [0.05, 0.1) is 5.75 Å². The van der Waals surface area contributed by atoms with Crippen LogP contribution in [0.2, 0.25) is 0 Å². The predicted molar refractivity (Wildman–Crippen MR) is 113 cm³/mol.